The highest BCUT2D eigenvalue weighted by molar-refractivity contribution is 5.58. The number of nitrogens with one attached hydrogen (secondary N) is 1. The molecule has 2 atom stereocenters. The highest BCUT2D eigenvalue weighted by Crippen LogP contribution is 2.41. The summed E-state index contributed by atoms with van der Waals surface area (Å²) in [6.07, 6.45) is 5.10. The van der Waals surface area contributed by atoms with Crippen molar-refractivity contribution < 1.29 is 4.74 Å². The molecule has 98 valence electrons. The molecular formula is C16H23NO. The van der Waals surface area contributed by atoms with Gasteiger partial charge in [-0.05, 0) is 36.8 Å². The Morgan fingerprint density at radius 2 is 2.33 bits per heavy atom. The molecule has 0 amide bonds. The summed E-state index contributed by atoms with van der Waals surface area (Å²) >= 11 is 0. The van der Waals surface area contributed by atoms with Crippen LogP contribution in [-0.4, -0.2) is 13.2 Å². The Kier molecular flexibility index (Phi) is 2.96. The lowest BCUT2D eigenvalue weighted by Crippen LogP contribution is -2.21. The highest BCUT2D eigenvalue weighted by atomic mass is 16.5. The summed E-state index contributed by atoms with van der Waals surface area (Å²) in [5, 5.41) is 3.41. The molecule has 0 spiro atoms. The summed E-state index contributed by atoms with van der Waals surface area (Å²) < 4.78 is 6.03. The maximum absolute atomic E-state index is 6.03. The third-order valence-electron chi connectivity index (χ3n) is 4.46. The van der Waals surface area contributed by atoms with Crippen molar-refractivity contribution in [3.05, 3.63) is 23.8 Å². The van der Waals surface area contributed by atoms with E-state index in [9.17, 15) is 0 Å². The fourth-order valence-electron chi connectivity index (χ4n) is 3.39. The molecule has 2 heteroatoms. The zero-order valence-electron chi connectivity index (χ0n) is 11.5. The van der Waals surface area contributed by atoms with Crippen LogP contribution in [0.15, 0.2) is 18.2 Å². The Morgan fingerprint density at radius 1 is 1.44 bits per heavy atom. The van der Waals surface area contributed by atoms with Gasteiger partial charge in [-0.25, -0.2) is 0 Å². The molecule has 0 radical (unpaired) electrons. The molecule has 0 saturated heterocycles. The molecule has 0 bridgehead atoms. The van der Waals surface area contributed by atoms with Crippen LogP contribution in [0.1, 0.15) is 38.7 Å². The molecule has 2 unspecified atom stereocenters. The second kappa shape index (κ2) is 4.49. The van der Waals surface area contributed by atoms with Crippen molar-refractivity contribution in [2.45, 2.75) is 39.5 Å². The van der Waals surface area contributed by atoms with Crippen molar-refractivity contribution in [3.8, 4) is 5.75 Å². The van der Waals surface area contributed by atoms with Gasteiger partial charge in [0.15, 0.2) is 0 Å². The number of anilines is 1. The van der Waals surface area contributed by atoms with Crippen molar-refractivity contribution >= 4 is 5.69 Å². The van der Waals surface area contributed by atoms with Crippen molar-refractivity contribution in [3.63, 3.8) is 0 Å². The van der Waals surface area contributed by atoms with Crippen LogP contribution < -0.4 is 10.1 Å². The molecule has 1 aromatic carbocycles. The van der Waals surface area contributed by atoms with Gasteiger partial charge in [-0.3, -0.25) is 0 Å². The minimum absolute atomic E-state index is 0.381. The second-order valence-corrected chi connectivity index (χ2v) is 6.44. The van der Waals surface area contributed by atoms with Crippen molar-refractivity contribution in [1.29, 1.82) is 0 Å². The summed E-state index contributed by atoms with van der Waals surface area (Å²) in [5.74, 6) is 1.88. The second-order valence-electron chi connectivity index (χ2n) is 6.44. The fraction of sp³-hybridized carbons (Fsp3) is 0.625. The van der Waals surface area contributed by atoms with Gasteiger partial charge < -0.3 is 10.1 Å². The molecule has 1 N–H and O–H groups in total. The topological polar surface area (TPSA) is 21.3 Å². The highest BCUT2D eigenvalue weighted by Gasteiger charge is 2.33. The predicted molar refractivity (Wildman–Crippen MR) is 75.3 cm³/mol. The average Bonchev–Trinajstić information content (AvgIpc) is 2.93. The lowest BCUT2D eigenvalue weighted by atomic mass is 9.89. The van der Waals surface area contributed by atoms with Crippen LogP contribution >= 0.6 is 0 Å². The van der Waals surface area contributed by atoms with Gasteiger partial charge in [-0.15, -0.1) is 0 Å². The number of hydrogen-bond acceptors (Lipinski definition) is 2. The number of rotatable bonds is 3. The van der Waals surface area contributed by atoms with Crippen molar-refractivity contribution in [2.75, 3.05) is 18.5 Å². The normalized spacial score (nSPS) is 30.0. The zero-order valence-corrected chi connectivity index (χ0v) is 11.5. The zero-order chi connectivity index (χ0) is 12.6. The van der Waals surface area contributed by atoms with Crippen molar-refractivity contribution in [2.24, 2.45) is 11.3 Å². The standard InChI is InChI=1S/C16H23NO/c1-12-5-7-16(2,10-12)11-18-14-4-3-13-6-8-17-15(13)9-14/h3-4,9,12,17H,5-8,10-11H2,1-2H3. The number of ether oxygens (including phenoxy) is 1. The lowest BCUT2D eigenvalue weighted by Gasteiger charge is -2.24. The minimum Gasteiger partial charge on any atom is -0.493 e. The van der Waals surface area contributed by atoms with Gasteiger partial charge in [-0.1, -0.05) is 26.3 Å². The summed E-state index contributed by atoms with van der Waals surface area (Å²) in [5.41, 5.74) is 3.06. The average molecular weight is 245 g/mol. The minimum atomic E-state index is 0.381. The Balaban J connectivity index is 1.63. The maximum atomic E-state index is 6.03. The number of fused-ring (bicyclic) bond motifs is 1. The Bertz CT molecular complexity index is 443. The van der Waals surface area contributed by atoms with Gasteiger partial charge in [0.05, 0.1) is 6.61 Å². The monoisotopic (exact) mass is 245 g/mol. The lowest BCUT2D eigenvalue weighted by molar-refractivity contribution is 0.164. The maximum Gasteiger partial charge on any atom is 0.121 e. The van der Waals surface area contributed by atoms with E-state index < -0.39 is 0 Å². The van der Waals surface area contributed by atoms with Gasteiger partial charge in [0.25, 0.3) is 0 Å². The summed E-state index contributed by atoms with van der Waals surface area (Å²) in [4.78, 5) is 0. The molecule has 2 nitrogen and oxygen atoms in total. The largest absolute Gasteiger partial charge is 0.493 e. The number of benzene rings is 1. The van der Waals surface area contributed by atoms with Crippen LogP contribution in [0.25, 0.3) is 0 Å². The molecule has 1 heterocycles. The quantitative estimate of drug-likeness (QED) is 0.873. The molecule has 1 fully saturated rings. The summed E-state index contributed by atoms with van der Waals surface area (Å²) in [7, 11) is 0. The Morgan fingerprint density at radius 3 is 3.11 bits per heavy atom. The third-order valence-corrected chi connectivity index (χ3v) is 4.46. The summed E-state index contributed by atoms with van der Waals surface area (Å²) in [6.45, 7) is 6.64. The van der Waals surface area contributed by atoms with Crippen LogP contribution in [0.5, 0.6) is 5.75 Å². The smallest absolute Gasteiger partial charge is 0.121 e. The van der Waals surface area contributed by atoms with Crippen LogP contribution in [-0.2, 0) is 6.42 Å². The molecule has 0 aromatic heterocycles. The van der Waals surface area contributed by atoms with E-state index in [4.69, 9.17) is 4.74 Å². The first-order valence-electron chi connectivity index (χ1n) is 7.14. The van der Waals surface area contributed by atoms with Gasteiger partial charge in [0, 0.05) is 23.7 Å². The molecule has 1 aliphatic carbocycles. The van der Waals surface area contributed by atoms with Gasteiger partial charge in [-0.2, -0.15) is 0 Å². The van der Waals surface area contributed by atoms with E-state index in [1.54, 1.807) is 0 Å². The Hall–Kier alpha value is -1.18. The van der Waals surface area contributed by atoms with Crippen LogP contribution in [0.2, 0.25) is 0 Å². The van der Waals surface area contributed by atoms with Gasteiger partial charge in [0.2, 0.25) is 0 Å². The molecule has 2 aliphatic rings. The van der Waals surface area contributed by atoms with Crippen LogP contribution in [0, 0.1) is 11.3 Å². The fourth-order valence-corrected chi connectivity index (χ4v) is 3.39. The van der Waals surface area contributed by atoms with E-state index in [0.29, 0.717) is 5.41 Å². The predicted octanol–water partition coefficient (Wildman–Crippen LogP) is 3.86. The van der Waals surface area contributed by atoms with E-state index in [1.807, 2.05) is 0 Å². The summed E-state index contributed by atoms with van der Waals surface area (Å²) in [6, 6.07) is 6.47. The molecule has 1 aliphatic heterocycles. The SMILES string of the molecule is CC1CCC(C)(COc2ccc3c(c2)NCC3)C1. The molecule has 1 aromatic rings. The van der Waals surface area contributed by atoms with Gasteiger partial charge in [0.1, 0.15) is 5.75 Å². The van der Waals surface area contributed by atoms with Crippen LogP contribution in [0.4, 0.5) is 5.69 Å². The third kappa shape index (κ3) is 2.33. The van der Waals surface area contributed by atoms with E-state index >= 15 is 0 Å². The van der Waals surface area contributed by atoms with E-state index in [0.717, 1.165) is 31.2 Å². The molecule has 3 rings (SSSR count). The first-order chi connectivity index (χ1) is 8.65. The first kappa shape index (κ1) is 11.9. The molecule has 18 heavy (non-hydrogen) atoms. The van der Waals surface area contributed by atoms with E-state index in [-0.39, 0.29) is 0 Å². The van der Waals surface area contributed by atoms with E-state index in [1.165, 1.54) is 30.5 Å². The van der Waals surface area contributed by atoms with Crippen LogP contribution in [0.3, 0.4) is 0 Å². The molecule has 1 saturated carbocycles. The number of hydrogen-bond donors (Lipinski definition) is 1. The van der Waals surface area contributed by atoms with Crippen molar-refractivity contribution in [1.82, 2.24) is 0 Å². The Labute approximate surface area is 110 Å². The molecular weight excluding hydrogens is 222 g/mol. The van der Waals surface area contributed by atoms with E-state index in [2.05, 4.69) is 37.4 Å². The first-order valence-corrected chi connectivity index (χ1v) is 7.14. The van der Waals surface area contributed by atoms with Gasteiger partial charge >= 0.3 is 0 Å².